The summed E-state index contributed by atoms with van der Waals surface area (Å²) in [7, 11) is 0. The Bertz CT molecular complexity index is 639. The van der Waals surface area contributed by atoms with Gasteiger partial charge in [-0.1, -0.05) is 36.7 Å². The molecule has 2 aromatic carbocycles. The minimum Gasteiger partial charge on any atom is -0.399 e. The van der Waals surface area contributed by atoms with E-state index in [0.29, 0.717) is 0 Å². The van der Waals surface area contributed by atoms with Crippen molar-refractivity contribution in [1.29, 1.82) is 0 Å². The third kappa shape index (κ3) is 3.06. The quantitative estimate of drug-likeness (QED) is 0.850. The van der Waals surface area contributed by atoms with Crippen LogP contribution in [-0.2, 0) is 6.42 Å². The highest BCUT2D eigenvalue weighted by Gasteiger charge is 2.25. The Balaban J connectivity index is 1.94. The van der Waals surface area contributed by atoms with Crippen molar-refractivity contribution in [1.82, 2.24) is 5.32 Å². The summed E-state index contributed by atoms with van der Waals surface area (Å²) >= 11 is 6.54. The molecule has 0 aromatic heterocycles. The molecule has 0 amide bonds. The maximum atomic E-state index is 6.54. The Morgan fingerprint density at radius 3 is 2.68 bits per heavy atom. The number of hydrogen-bond acceptors (Lipinski definition) is 3. The normalized spacial score (nSPS) is 18.5. The van der Waals surface area contributed by atoms with Crippen LogP contribution in [0.25, 0.3) is 0 Å². The molecule has 1 atom stereocenters. The lowest BCUT2D eigenvalue weighted by molar-refractivity contribution is 0.490. The van der Waals surface area contributed by atoms with Gasteiger partial charge in [0.1, 0.15) is 0 Å². The van der Waals surface area contributed by atoms with Crippen LogP contribution in [0, 0.1) is 0 Å². The standard InChI is InChI=1S/C18H22ClN3/c1-2-13-3-8-17(16(19)11-13)22-10-9-21-12-18(22)14-4-6-15(20)7-5-14/h3-8,11,18,21H,2,9-10,12,20H2,1H3/t18-/m0/s1. The van der Waals surface area contributed by atoms with Gasteiger partial charge in [0.25, 0.3) is 0 Å². The molecule has 1 fully saturated rings. The molecule has 3 nitrogen and oxygen atoms in total. The van der Waals surface area contributed by atoms with Gasteiger partial charge in [-0.05, 0) is 41.8 Å². The number of benzene rings is 2. The fraction of sp³-hybridized carbons (Fsp3) is 0.333. The lowest BCUT2D eigenvalue weighted by atomic mass is 10.0. The summed E-state index contributed by atoms with van der Waals surface area (Å²) in [4.78, 5) is 2.39. The molecule has 1 aliphatic rings. The van der Waals surface area contributed by atoms with Crippen LogP contribution in [0.1, 0.15) is 24.1 Å². The van der Waals surface area contributed by atoms with E-state index in [0.717, 1.165) is 42.5 Å². The van der Waals surface area contributed by atoms with Crippen molar-refractivity contribution >= 4 is 23.0 Å². The number of halogens is 1. The van der Waals surface area contributed by atoms with Crippen LogP contribution in [0.15, 0.2) is 42.5 Å². The largest absolute Gasteiger partial charge is 0.399 e. The Morgan fingerprint density at radius 1 is 1.23 bits per heavy atom. The average molecular weight is 316 g/mol. The smallest absolute Gasteiger partial charge is 0.0668 e. The third-order valence-corrected chi connectivity index (χ3v) is 4.60. The number of aryl methyl sites for hydroxylation is 1. The van der Waals surface area contributed by atoms with Crippen LogP contribution >= 0.6 is 11.6 Å². The molecule has 0 radical (unpaired) electrons. The van der Waals surface area contributed by atoms with E-state index < -0.39 is 0 Å². The molecule has 0 saturated carbocycles. The van der Waals surface area contributed by atoms with Gasteiger partial charge in [-0.2, -0.15) is 0 Å². The van der Waals surface area contributed by atoms with Crippen LogP contribution in [0.5, 0.6) is 0 Å². The molecule has 3 N–H and O–H groups in total. The van der Waals surface area contributed by atoms with Crippen molar-refractivity contribution in [3.05, 3.63) is 58.6 Å². The number of nitrogens with two attached hydrogens (primary N) is 1. The van der Waals surface area contributed by atoms with E-state index in [4.69, 9.17) is 17.3 Å². The molecule has 1 saturated heterocycles. The maximum Gasteiger partial charge on any atom is 0.0668 e. The van der Waals surface area contributed by atoms with E-state index in [1.807, 2.05) is 12.1 Å². The predicted molar refractivity (Wildman–Crippen MR) is 94.6 cm³/mol. The molecule has 0 aliphatic carbocycles. The molecule has 0 bridgehead atoms. The zero-order chi connectivity index (χ0) is 15.5. The first-order valence-corrected chi connectivity index (χ1v) is 8.18. The lowest BCUT2D eigenvalue weighted by Gasteiger charge is -2.39. The van der Waals surface area contributed by atoms with Gasteiger partial charge in [0.15, 0.2) is 0 Å². The highest BCUT2D eigenvalue weighted by molar-refractivity contribution is 6.33. The second-order valence-corrected chi connectivity index (χ2v) is 6.13. The number of nitrogens with one attached hydrogen (secondary N) is 1. The van der Waals surface area contributed by atoms with Crippen LogP contribution in [0.2, 0.25) is 5.02 Å². The van der Waals surface area contributed by atoms with Crippen LogP contribution in [-0.4, -0.2) is 19.6 Å². The number of nitrogens with zero attached hydrogens (tertiary/aromatic N) is 1. The molecule has 1 aliphatic heterocycles. The van der Waals surface area contributed by atoms with E-state index in [-0.39, 0.29) is 6.04 Å². The maximum absolute atomic E-state index is 6.54. The molecule has 4 heteroatoms. The summed E-state index contributed by atoms with van der Waals surface area (Å²) in [5, 5.41) is 4.31. The van der Waals surface area contributed by atoms with Gasteiger partial charge in [-0.15, -0.1) is 0 Å². The van der Waals surface area contributed by atoms with Crippen molar-refractivity contribution in [3.63, 3.8) is 0 Å². The van der Waals surface area contributed by atoms with E-state index in [1.165, 1.54) is 11.1 Å². The Kier molecular flexibility index (Phi) is 4.55. The molecule has 22 heavy (non-hydrogen) atoms. The van der Waals surface area contributed by atoms with Crippen LogP contribution in [0.4, 0.5) is 11.4 Å². The number of piperazine rings is 1. The topological polar surface area (TPSA) is 41.3 Å². The van der Waals surface area contributed by atoms with Gasteiger partial charge in [0.05, 0.1) is 16.8 Å². The first-order chi connectivity index (χ1) is 10.7. The predicted octanol–water partition coefficient (Wildman–Crippen LogP) is 3.64. The molecule has 0 unspecified atom stereocenters. The average Bonchev–Trinajstić information content (AvgIpc) is 2.55. The van der Waals surface area contributed by atoms with Crippen LogP contribution < -0.4 is 16.0 Å². The lowest BCUT2D eigenvalue weighted by Crippen LogP contribution is -2.46. The highest BCUT2D eigenvalue weighted by Crippen LogP contribution is 2.34. The second kappa shape index (κ2) is 6.59. The van der Waals surface area contributed by atoms with E-state index in [2.05, 4.69) is 47.5 Å². The van der Waals surface area contributed by atoms with Crippen molar-refractivity contribution in [2.45, 2.75) is 19.4 Å². The van der Waals surface area contributed by atoms with Gasteiger partial charge in [0, 0.05) is 25.3 Å². The molecule has 0 spiro atoms. The van der Waals surface area contributed by atoms with Crippen molar-refractivity contribution in [2.75, 3.05) is 30.3 Å². The second-order valence-electron chi connectivity index (χ2n) is 5.72. The Hall–Kier alpha value is -1.71. The summed E-state index contributed by atoms with van der Waals surface area (Å²) in [6.07, 6.45) is 1.00. The number of hydrogen-bond donors (Lipinski definition) is 2. The fourth-order valence-corrected chi connectivity index (χ4v) is 3.32. The Morgan fingerprint density at radius 2 is 2.00 bits per heavy atom. The minimum atomic E-state index is 0.277. The van der Waals surface area contributed by atoms with Crippen molar-refractivity contribution in [3.8, 4) is 0 Å². The fourth-order valence-electron chi connectivity index (χ4n) is 3.01. The molecular weight excluding hydrogens is 294 g/mol. The van der Waals surface area contributed by atoms with E-state index >= 15 is 0 Å². The first kappa shape index (κ1) is 15.2. The highest BCUT2D eigenvalue weighted by atomic mass is 35.5. The summed E-state index contributed by atoms with van der Waals surface area (Å²) in [6, 6.07) is 14.8. The van der Waals surface area contributed by atoms with Crippen molar-refractivity contribution < 1.29 is 0 Å². The van der Waals surface area contributed by atoms with Crippen LogP contribution in [0.3, 0.4) is 0 Å². The number of rotatable bonds is 3. The summed E-state index contributed by atoms with van der Waals surface area (Å²) in [5.74, 6) is 0. The van der Waals surface area contributed by atoms with Gasteiger partial charge in [-0.25, -0.2) is 0 Å². The molecule has 2 aromatic rings. The molecule has 3 rings (SSSR count). The van der Waals surface area contributed by atoms with Gasteiger partial charge >= 0.3 is 0 Å². The summed E-state index contributed by atoms with van der Waals surface area (Å²) in [6.45, 7) is 4.97. The number of anilines is 2. The first-order valence-electron chi connectivity index (χ1n) is 7.80. The van der Waals surface area contributed by atoms with Gasteiger partial charge < -0.3 is 16.0 Å². The van der Waals surface area contributed by atoms with E-state index in [9.17, 15) is 0 Å². The van der Waals surface area contributed by atoms with E-state index in [1.54, 1.807) is 0 Å². The zero-order valence-electron chi connectivity index (χ0n) is 12.8. The minimum absolute atomic E-state index is 0.277. The summed E-state index contributed by atoms with van der Waals surface area (Å²) < 4.78 is 0. The van der Waals surface area contributed by atoms with Crippen molar-refractivity contribution in [2.24, 2.45) is 0 Å². The molecular formula is C18H22ClN3. The van der Waals surface area contributed by atoms with Gasteiger partial charge in [-0.3, -0.25) is 0 Å². The third-order valence-electron chi connectivity index (χ3n) is 4.29. The number of nitrogen functional groups attached to an aromatic ring is 1. The zero-order valence-corrected chi connectivity index (χ0v) is 13.6. The molecule has 1 heterocycles. The SMILES string of the molecule is CCc1ccc(N2CCNC[C@H]2c2ccc(N)cc2)c(Cl)c1. The monoisotopic (exact) mass is 315 g/mol. The molecule has 116 valence electrons. The Labute approximate surface area is 137 Å². The van der Waals surface area contributed by atoms with Gasteiger partial charge in [0.2, 0.25) is 0 Å². The summed E-state index contributed by atoms with van der Waals surface area (Å²) in [5.41, 5.74) is 10.2.